The third-order valence-corrected chi connectivity index (χ3v) is 4.32. The van der Waals surface area contributed by atoms with E-state index in [1.807, 2.05) is 12.1 Å². The fourth-order valence-corrected chi connectivity index (χ4v) is 2.87. The number of thioether (sulfide) groups is 1. The molecule has 1 aromatic heterocycles. The lowest BCUT2D eigenvalue weighted by atomic mass is 10.2. The van der Waals surface area contributed by atoms with E-state index >= 15 is 0 Å². The monoisotopic (exact) mass is 357 g/mol. The number of amides is 1. The third kappa shape index (κ3) is 4.39. The molecule has 2 N–H and O–H groups in total. The van der Waals surface area contributed by atoms with Gasteiger partial charge in [0.25, 0.3) is 0 Å². The zero-order valence-corrected chi connectivity index (χ0v) is 14.3. The number of H-pyrrole nitrogens is 1. The Labute approximate surface area is 148 Å². The van der Waals surface area contributed by atoms with Gasteiger partial charge in [0.15, 0.2) is 5.16 Å². The third-order valence-electron chi connectivity index (χ3n) is 3.43. The number of methoxy groups -OCH3 is 1. The lowest BCUT2D eigenvalue weighted by Gasteiger charge is -2.09. The number of carbonyl (C=O) groups is 1. The molecule has 25 heavy (non-hydrogen) atoms. The normalized spacial score (nSPS) is 10.5. The van der Waals surface area contributed by atoms with Crippen LogP contribution in [-0.2, 0) is 4.79 Å². The maximum absolute atomic E-state index is 13.0. The van der Waals surface area contributed by atoms with Crippen molar-refractivity contribution in [3.05, 3.63) is 60.5 Å². The summed E-state index contributed by atoms with van der Waals surface area (Å²) in [4.78, 5) is 19.4. The molecule has 3 rings (SSSR count). The molecule has 0 bridgehead atoms. The fraction of sp³-hybridized carbons (Fsp3) is 0.111. The number of hydrogen-bond acceptors (Lipinski definition) is 4. The SMILES string of the molecule is COc1ccccc1NC(=O)CSc1ncc(-c2ccc(F)cc2)[nH]1. The van der Waals surface area contributed by atoms with E-state index in [-0.39, 0.29) is 17.5 Å². The molecule has 3 aromatic rings. The maximum Gasteiger partial charge on any atom is 0.234 e. The summed E-state index contributed by atoms with van der Waals surface area (Å²) in [6.07, 6.45) is 1.66. The Hall–Kier alpha value is -2.80. The number of anilines is 1. The van der Waals surface area contributed by atoms with Gasteiger partial charge in [-0.3, -0.25) is 4.79 Å². The van der Waals surface area contributed by atoms with Crippen LogP contribution in [0.25, 0.3) is 11.3 Å². The predicted molar refractivity (Wildman–Crippen MR) is 96.3 cm³/mol. The van der Waals surface area contributed by atoms with Crippen molar-refractivity contribution in [3.63, 3.8) is 0 Å². The number of aromatic amines is 1. The van der Waals surface area contributed by atoms with Gasteiger partial charge in [-0.05, 0) is 42.0 Å². The molecule has 0 atom stereocenters. The first-order chi connectivity index (χ1) is 12.2. The minimum absolute atomic E-state index is 0.158. The molecule has 128 valence electrons. The van der Waals surface area contributed by atoms with Crippen LogP contribution in [-0.4, -0.2) is 28.7 Å². The van der Waals surface area contributed by atoms with Crippen LogP contribution in [0.15, 0.2) is 59.9 Å². The Morgan fingerprint density at radius 1 is 1.24 bits per heavy atom. The molecule has 2 aromatic carbocycles. The zero-order chi connectivity index (χ0) is 17.6. The molecule has 1 amide bonds. The Morgan fingerprint density at radius 3 is 2.76 bits per heavy atom. The lowest BCUT2D eigenvalue weighted by Crippen LogP contribution is -2.14. The number of nitrogens with one attached hydrogen (secondary N) is 2. The Morgan fingerprint density at radius 2 is 2.00 bits per heavy atom. The molecular formula is C18H16FN3O2S. The molecule has 5 nitrogen and oxygen atoms in total. The summed E-state index contributed by atoms with van der Waals surface area (Å²) in [7, 11) is 1.56. The summed E-state index contributed by atoms with van der Waals surface area (Å²) < 4.78 is 18.2. The van der Waals surface area contributed by atoms with E-state index in [0.29, 0.717) is 16.6 Å². The molecule has 1 heterocycles. The molecule has 0 aliphatic rings. The number of halogens is 1. The minimum Gasteiger partial charge on any atom is -0.495 e. The molecule has 0 radical (unpaired) electrons. The van der Waals surface area contributed by atoms with E-state index in [0.717, 1.165) is 11.3 Å². The first kappa shape index (κ1) is 17.0. The van der Waals surface area contributed by atoms with Gasteiger partial charge in [0.1, 0.15) is 11.6 Å². The second-order valence-electron chi connectivity index (χ2n) is 5.15. The van der Waals surface area contributed by atoms with E-state index in [9.17, 15) is 9.18 Å². The number of hydrogen-bond donors (Lipinski definition) is 2. The average Bonchev–Trinajstić information content (AvgIpc) is 3.10. The highest BCUT2D eigenvalue weighted by atomic mass is 32.2. The molecule has 0 aliphatic carbocycles. The Kier molecular flexibility index (Phi) is 5.35. The lowest BCUT2D eigenvalue weighted by molar-refractivity contribution is -0.113. The summed E-state index contributed by atoms with van der Waals surface area (Å²) in [6.45, 7) is 0. The number of rotatable bonds is 6. The van der Waals surface area contributed by atoms with Crippen molar-refractivity contribution in [3.8, 4) is 17.0 Å². The summed E-state index contributed by atoms with van der Waals surface area (Å²) >= 11 is 1.29. The van der Waals surface area contributed by atoms with Crippen molar-refractivity contribution in [2.45, 2.75) is 5.16 Å². The van der Waals surface area contributed by atoms with Crippen LogP contribution in [0.4, 0.5) is 10.1 Å². The van der Waals surface area contributed by atoms with Crippen LogP contribution in [0.3, 0.4) is 0 Å². The van der Waals surface area contributed by atoms with Crippen LogP contribution in [0.1, 0.15) is 0 Å². The fourth-order valence-electron chi connectivity index (χ4n) is 2.22. The van der Waals surface area contributed by atoms with Gasteiger partial charge in [0.2, 0.25) is 5.91 Å². The summed E-state index contributed by atoms with van der Waals surface area (Å²) in [5, 5.41) is 3.43. The van der Waals surface area contributed by atoms with E-state index < -0.39 is 0 Å². The first-order valence-electron chi connectivity index (χ1n) is 7.52. The number of para-hydroxylation sites is 2. The number of ether oxygens (including phenoxy) is 1. The van der Waals surface area contributed by atoms with Crippen LogP contribution < -0.4 is 10.1 Å². The Balaban J connectivity index is 1.58. The van der Waals surface area contributed by atoms with Crippen molar-refractivity contribution in [1.29, 1.82) is 0 Å². The van der Waals surface area contributed by atoms with Crippen molar-refractivity contribution in [2.75, 3.05) is 18.2 Å². The van der Waals surface area contributed by atoms with Crippen LogP contribution in [0.2, 0.25) is 0 Å². The smallest absolute Gasteiger partial charge is 0.234 e. The zero-order valence-electron chi connectivity index (χ0n) is 13.5. The van der Waals surface area contributed by atoms with Gasteiger partial charge in [-0.2, -0.15) is 0 Å². The van der Waals surface area contributed by atoms with Gasteiger partial charge in [-0.25, -0.2) is 9.37 Å². The van der Waals surface area contributed by atoms with Crippen LogP contribution in [0, 0.1) is 5.82 Å². The van der Waals surface area contributed by atoms with Crippen LogP contribution in [0.5, 0.6) is 5.75 Å². The van der Waals surface area contributed by atoms with Gasteiger partial charge < -0.3 is 15.0 Å². The van der Waals surface area contributed by atoms with Crippen molar-refractivity contribution < 1.29 is 13.9 Å². The van der Waals surface area contributed by atoms with Gasteiger partial charge in [0, 0.05) is 0 Å². The van der Waals surface area contributed by atoms with Crippen LogP contribution >= 0.6 is 11.8 Å². The highest BCUT2D eigenvalue weighted by Crippen LogP contribution is 2.24. The second kappa shape index (κ2) is 7.85. The number of imidazole rings is 1. The average molecular weight is 357 g/mol. The van der Waals surface area contributed by atoms with Crippen molar-refractivity contribution >= 4 is 23.4 Å². The number of aromatic nitrogens is 2. The topological polar surface area (TPSA) is 67.0 Å². The maximum atomic E-state index is 13.0. The second-order valence-corrected chi connectivity index (χ2v) is 6.11. The summed E-state index contributed by atoms with van der Waals surface area (Å²) in [6, 6.07) is 13.4. The van der Waals surface area contributed by atoms with Gasteiger partial charge >= 0.3 is 0 Å². The highest BCUT2D eigenvalue weighted by Gasteiger charge is 2.10. The molecule has 0 saturated carbocycles. The molecule has 0 aliphatic heterocycles. The number of benzene rings is 2. The molecule has 0 saturated heterocycles. The van der Waals surface area contributed by atoms with E-state index in [2.05, 4.69) is 15.3 Å². The summed E-state index contributed by atoms with van der Waals surface area (Å²) in [5.41, 5.74) is 2.23. The quantitative estimate of drug-likeness (QED) is 0.656. The van der Waals surface area contributed by atoms with Gasteiger partial charge in [-0.15, -0.1) is 0 Å². The molecule has 7 heteroatoms. The summed E-state index contributed by atoms with van der Waals surface area (Å²) in [5.74, 6) is 0.367. The van der Waals surface area contributed by atoms with Gasteiger partial charge in [-0.1, -0.05) is 23.9 Å². The van der Waals surface area contributed by atoms with E-state index in [1.165, 1.54) is 23.9 Å². The Bertz CT molecular complexity index is 865. The number of carbonyl (C=O) groups excluding carboxylic acids is 1. The molecule has 0 spiro atoms. The highest BCUT2D eigenvalue weighted by molar-refractivity contribution is 7.99. The van der Waals surface area contributed by atoms with Crippen molar-refractivity contribution in [2.24, 2.45) is 0 Å². The predicted octanol–water partition coefficient (Wildman–Crippen LogP) is 3.96. The first-order valence-corrected chi connectivity index (χ1v) is 8.51. The molecular weight excluding hydrogens is 341 g/mol. The van der Waals surface area contributed by atoms with Gasteiger partial charge in [0.05, 0.1) is 30.4 Å². The molecule has 0 fully saturated rings. The minimum atomic E-state index is -0.286. The largest absolute Gasteiger partial charge is 0.495 e. The molecule has 0 unspecified atom stereocenters. The van der Waals surface area contributed by atoms with E-state index in [4.69, 9.17) is 4.74 Å². The number of nitrogens with zero attached hydrogens (tertiary/aromatic N) is 1. The standard InChI is InChI=1S/C18H16FN3O2S/c1-24-16-5-3-2-4-14(16)21-17(23)11-25-18-20-10-15(22-18)12-6-8-13(19)9-7-12/h2-10H,11H2,1H3,(H,20,22)(H,21,23). The van der Waals surface area contributed by atoms with E-state index in [1.54, 1.807) is 37.6 Å². The van der Waals surface area contributed by atoms with Crippen molar-refractivity contribution in [1.82, 2.24) is 9.97 Å².